The molecule has 2 aromatic heterocycles. The van der Waals surface area contributed by atoms with Crippen molar-refractivity contribution in [2.75, 3.05) is 21.3 Å². The summed E-state index contributed by atoms with van der Waals surface area (Å²) in [6.45, 7) is 0. The molecule has 0 saturated heterocycles. The number of esters is 2. The third-order valence-electron chi connectivity index (χ3n) is 10.1. The van der Waals surface area contributed by atoms with E-state index in [1.807, 2.05) is 48.5 Å². The summed E-state index contributed by atoms with van der Waals surface area (Å²) in [5.41, 5.74) is 7.97. The molecule has 9 heteroatoms. The topological polar surface area (TPSA) is 110 Å². The van der Waals surface area contributed by atoms with Gasteiger partial charge in [-0.05, 0) is 101 Å². The van der Waals surface area contributed by atoms with Crippen molar-refractivity contribution in [1.82, 2.24) is 9.97 Å². The van der Waals surface area contributed by atoms with Gasteiger partial charge < -0.3 is 24.2 Å². The van der Waals surface area contributed by atoms with Gasteiger partial charge in [-0.15, -0.1) is 0 Å². The van der Waals surface area contributed by atoms with Crippen LogP contribution in [-0.4, -0.2) is 49.5 Å². The fraction of sp³-hybridized carbons (Fsp3) is 0.375. The Bertz CT molecular complexity index is 1980. The Hall–Kier alpha value is -4.37. The standard InChI is InChI=1S/C24H25NO4.C16H18BrNO2/c1-28-23-17(14-26)9-6-10-19(23)22-21(15-7-4-3-5-8-15)18-12-11-16(24(27)29-2)13-20(18)25-22;1-20-16(19)11-7-8-12-13(9-11)18-15(17)14(12)10-5-3-2-4-6-10/h6,9-15,25H,3-5,7-8H2,1-2H3;7-10,18H,2-6H2,1H3. The average Bonchev–Trinajstić information content (AvgIpc) is 3.70. The van der Waals surface area contributed by atoms with E-state index in [0.29, 0.717) is 34.3 Å². The van der Waals surface area contributed by atoms with E-state index >= 15 is 0 Å². The Morgan fingerprint density at radius 1 is 0.714 bits per heavy atom. The summed E-state index contributed by atoms with van der Waals surface area (Å²) < 4.78 is 16.3. The number of nitrogens with one attached hydrogen (secondary N) is 2. The predicted octanol–water partition coefficient (Wildman–Crippen LogP) is 10.3. The van der Waals surface area contributed by atoms with Gasteiger partial charge in [-0.3, -0.25) is 4.79 Å². The summed E-state index contributed by atoms with van der Waals surface area (Å²) in [6.07, 6.45) is 13.3. The van der Waals surface area contributed by atoms with Crippen molar-refractivity contribution in [3.05, 3.63) is 87.0 Å². The van der Waals surface area contributed by atoms with Crippen LogP contribution in [0.5, 0.6) is 5.75 Å². The Labute approximate surface area is 295 Å². The molecule has 49 heavy (non-hydrogen) atoms. The van der Waals surface area contributed by atoms with Crippen molar-refractivity contribution in [3.63, 3.8) is 0 Å². The van der Waals surface area contributed by atoms with Crippen molar-refractivity contribution >= 4 is 56.0 Å². The van der Waals surface area contributed by atoms with E-state index in [9.17, 15) is 14.4 Å². The molecule has 2 aliphatic rings. The number of halogens is 1. The zero-order chi connectivity index (χ0) is 34.5. The molecule has 0 atom stereocenters. The number of H-pyrrole nitrogens is 2. The molecule has 0 bridgehead atoms. The largest absolute Gasteiger partial charge is 0.495 e. The number of carbonyl (C=O) groups is 3. The molecular formula is C40H43BrN2O6. The number of aldehydes is 1. The van der Waals surface area contributed by atoms with Crippen LogP contribution in [0.3, 0.4) is 0 Å². The smallest absolute Gasteiger partial charge is 0.337 e. The van der Waals surface area contributed by atoms with Crippen LogP contribution in [-0.2, 0) is 9.47 Å². The number of hydrogen-bond donors (Lipinski definition) is 2. The molecule has 8 nitrogen and oxygen atoms in total. The van der Waals surface area contributed by atoms with E-state index in [2.05, 4.69) is 25.9 Å². The quantitative estimate of drug-likeness (QED) is 0.128. The number of fused-ring (bicyclic) bond motifs is 2. The molecule has 0 spiro atoms. The lowest BCUT2D eigenvalue weighted by atomic mass is 9.81. The Morgan fingerprint density at radius 3 is 1.78 bits per heavy atom. The molecule has 2 aliphatic carbocycles. The van der Waals surface area contributed by atoms with Crippen molar-refractivity contribution < 1.29 is 28.6 Å². The van der Waals surface area contributed by atoms with E-state index in [-0.39, 0.29) is 11.9 Å². The van der Waals surface area contributed by atoms with E-state index in [1.54, 1.807) is 13.2 Å². The molecule has 0 radical (unpaired) electrons. The maximum absolute atomic E-state index is 12.0. The average molecular weight is 728 g/mol. The van der Waals surface area contributed by atoms with Crippen LogP contribution in [0.2, 0.25) is 0 Å². The maximum Gasteiger partial charge on any atom is 0.337 e. The Kier molecular flexibility index (Phi) is 10.9. The molecule has 2 saturated carbocycles. The molecule has 256 valence electrons. The van der Waals surface area contributed by atoms with Gasteiger partial charge in [0.2, 0.25) is 0 Å². The van der Waals surface area contributed by atoms with Crippen LogP contribution >= 0.6 is 15.9 Å². The van der Waals surface area contributed by atoms with Gasteiger partial charge in [0, 0.05) is 27.4 Å². The van der Waals surface area contributed by atoms with Crippen molar-refractivity contribution in [1.29, 1.82) is 0 Å². The van der Waals surface area contributed by atoms with Crippen molar-refractivity contribution in [2.24, 2.45) is 0 Å². The number of benzene rings is 3. The SMILES string of the molecule is COC(=O)c1ccc2c(C3CCCCC3)c(-c3cccc(C=O)c3OC)[nH]c2c1.COC(=O)c1ccc2c(C3CCCCC3)c(Br)[nH]c2c1. The molecule has 2 fully saturated rings. The first-order valence-electron chi connectivity index (χ1n) is 17.1. The van der Waals surface area contributed by atoms with Crippen LogP contribution in [0.4, 0.5) is 0 Å². The number of carbonyl (C=O) groups excluding carboxylic acids is 3. The Morgan fingerprint density at radius 2 is 1.24 bits per heavy atom. The van der Waals surface area contributed by atoms with Crippen LogP contribution in [0.1, 0.15) is 118 Å². The minimum absolute atomic E-state index is 0.295. The molecular weight excluding hydrogens is 684 g/mol. The van der Waals surface area contributed by atoms with Crippen LogP contribution in [0, 0.1) is 0 Å². The zero-order valence-corrected chi connectivity index (χ0v) is 29.9. The molecule has 5 aromatic rings. The summed E-state index contributed by atoms with van der Waals surface area (Å²) in [7, 11) is 4.38. The normalized spacial score (nSPS) is 15.4. The molecule has 0 amide bonds. The highest BCUT2D eigenvalue weighted by atomic mass is 79.9. The first kappa shape index (κ1) is 34.5. The number of methoxy groups -OCH3 is 3. The predicted molar refractivity (Wildman–Crippen MR) is 196 cm³/mol. The number of ether oxygens (including phenoxy) is 3. The van der Waals surface area contributed by atoms with E-state index < -0.39 is 0 Å². The fourth-order valence-corrected chi connectivity index (χ4v) is 8.54. The molecule has 0 aliphatic heterocycles. The van der Waals surface area contributed by atoms with Gasteiger partial charge in [0.1, 0.15) is 5.75 Å². The first-order valence-corrected chi connectivity index (χ1v) is 17.9. The number of hydrogen-bond acceptors (Lipinski definition) is 6. The molecule has 3 aromatic carbocycles. The van der Waals surface area contributed by atoms with Gasteiger partial charge >= 0.3 is 11.9 Å². The van der Waals surface area contributed by atoms with Gasteiger partial charge in [-0.25, -0.2) is 9.59 Å². The fourth-order valence-electron chi connectivity index (χ4n) is 7.79. The monoisotopic (exact) mass is 726 g/mol. The minimum atomic E-state index is -0.359. The van der Waals surface area contributed by atoms with Crippen LogP contribution < -0.4 is 4.74 Å². The van der Waals surface area contributed by atoms with E-state index in [1.165, 1.54) is 82.1 Å². The van der Waals surface area contributed by atoms with Crippen LogP contribution in [0.25, 0.3) is 33.1 Å². The highest BCUT2D eigenvalue weighted by Crippen LogP contribution is 2.45. The summed E-state index contributed by atoms with van der Waals surface area (Å²) in [5, 5.41) is 2.33. The van der Waals surface area contributed by atoms with E-state index in [0.717, 1.165) is 51.4 Å². The zero-order valence-electron chi connectivity index (χ0n) is 28.3. The van der Waals surface area contributed by atoms with Crippen LogP contribution in [0.15, 0.2) is 59.2 Å². The Balaban J connectivity index is 0.000000182. The summed E-state index contributed by atoms with van der Waals surface area (Å²) >= 11 is 3.65. The van der Waals surface area contributed by atoms with Gasteiger partial charge in [0.05, 0.1) is 48.3 Å². The third kappa shape index (κ3) is 7.04. The second-order valence-corrected chi connectivity index (χ2v) is 13.8. The van der Waals surface area contributed by atoms with Crippen molar-refractivity contribution in [3.8, 4) is 17.0 Å². The lowest BCUT2D eigenvalue weighted by Crippen LogP contribution is -2.06. The number of aromatic amines is 2. The highest BCUT2D eigenvalue weighted by Gasteiger charge is 2.26. The molecule has 2 N–H and O–H groups in total. The number of para-hydroxylation sites is 1. The van der Waals surface area contributed by atoms with Crippen molar-refractivity contribution in [2.45, 2.75) is 76.0 Å². The van der Waals surface area contributed by atoms with Gasteiger partial charge in [-0.1, -0.05) is 56.7 Å². The summed E-state index contributed by atoms with van der Waals surface area (Å²) in [6, 6.07) is 17.0. The summed E-state index contributed by atoms with van der Waals surface area (Å²) in [5.74, 6) is 0.968. The van der Waals surface area contributed by atoms with E-state index in [4.69, 9.17) is 14.2 Å². The summed E-state index contributed by atoms with van der Waals surface area (Å²) in [4.78, 5) is 42.0. The third-order valence-corrected chi connectivity index (χ3v) is 10.8. The number of rotatable bonds is 7. The second-order valence-electron chi connectivity index (χ2n) is 13.0. The highest BCUT2D eigenvalue weighted by molar-refractivity contribution is 9.10. The van der Waals surface area contributed by atoms with Gasteiger partial charge in [0.15, 0.2) is 6.29 Å². The minimum Gasteiger partial charge on any atom is -0.495 e. The van der Waals surface area contributed by atoms with Gasteiger partial charge in [-0.2, -0.15) is 0 Å². The first-order chi connectivity index (χ1) is 23.9. The second kappa shape index (κ2) is 15.5. The molecule has 2 heterocycles. The molecule has 7 rings (SSSR count). The lowest BCUT2D eigenvalue weighted by Gasteiger charge is -2.23. The molecule has 0 unspecified atom stereocenters. The maximum atomic E-state index is 12.0. The van der Waals surface area contributed by atoms with Gasteiger partial charge in [0.25, 0.3) is 0 Å². The number of aromatic nitrogens is 2. The lowest BCUT2D eigenvalue weighted by molar-refractivity contribution is 0.0592.